The molecule has 0 radical (unpaired) electrons. The lowest BCUT2D eigenvalue weighted by atomic mass is 10.5. The number of aromatic nitrogens is 2. The Kier molecular flexibility index (Phi) is 3.44. The number of sulfonamides is 1. The monoisotopic (exact) mass is 303 g/mol. The van der Waals surface area contributed by atoms with Crippen molar-refractivity contribution in [1.29, 1.82) is 0 Å². The molecule has 0 bridgehead atoms. The van der Waals surface area contributed by atoms with Gasteiger partial charge in [-0.1, -0.05) is 0 Å². The van der Waals surface area contributed by atoms with Crippen LogP contribution in [-0.4, -0.2) is 29.5 Å². The second kappa shape index (κ2) is 4.90. The number of thiazole rings is 1. The SMILES string of the molecule is O=C(O)c1ncsc1S(=O)(=O)Nc1ccc(F)cn1. The van der Waals surface area contributed by atoms with Crippen LogP contribution in [0.25, 0.3) is 0 Å². The minimum absolute atomic E-state index is 0.119. The summed E-state index contributed by atoms with van der Waals surface area (Å²) >= 11 is 0.663. The van der Waals surface area contributed by atoms with Crippen molar-refractivity contribution in [3.63, 3.8) is 0 Å². The Morgan fingerprint density at radius 3 is 2.68 bits per heavy atom. The van der Waals surface area contributed by atoms with E-state index < -0.39 is 31.7 Å². The summed E-state index contributed by atoms with van der Waals surface area (Å²) < 4.78 is 38.1. The first-order chi connectivity index (χ1) is 8.90. The molecule has 0 unspecified atom stereocenters. The summed E-state index contributed by atoms with van der Waals surface area (Å²) in [4.78, 5) is 17.8. The lowest BCUT2D eigenvalue weighted by Gasteiger charge is -2.05. The van der Waals surface area contributed by atoms with Crippen molar-refractivity contribution >= 4 is 33.1 Å². The van der Waals surface area contributed by atoms with Gasteiger partial charge in [0.25, 0.3) is 10.0 Å². The molecule has 0 atom stereocenters. The molecule has 2 aromatic heterocycles. The third-order valence-corrected chi connectivity index (χ3v) is 4.67. The molecule has 0 aromatic carbocycles. The normalized spacial score (nSPS) is 11.2. The van der Waals surface area contributed by atoms with Crippen LogP contribution in [0.4, 0.5) is 10.2 Å². The molecular weight excluding hydrogens is 297 g/mol. The quantitative estimate of drug-likeness (QED) is 0.877. The maximum atomic E-state index is 12.6. The third kappa shape index (κ3) is 2.85. The molecule has 100 valence electrons. The second-order valence-electron chi connectivity index (χ2n) is 3.26. The Bertz CT molecular complexity index is 711. The summed E-state index contributed by atoms with van der Waals surface area (Å²) in [7, 11) is -4.12. The number of carboxylic acids is 1. The lowest BCUT2D eigenvalue weighted by molar-refractivity contribution is 0.0687. The summed E-state index contributed by atoms with van der Waals surface area (Å²) in [5, 5.41) is 8.81. The van der Waals surface area contributed by atoms with Crippen molar-refractivity contribution in [2.24, 2.45) is 0 Å². The van der Waals surface area contributed by atoms with Gasteiger partial charge < -0.3 is 5.11 Å². The van der Waals surface area contributed by atoms with Crippen molar-refractivity contribution in [3.05, 3.63) is 35.4 Å². The van der Waals surface area contributed by atoms with E-state index in [4.69, 9.17) is 5.11 Å². The average molecular weight is 303 g/mol. The molecule has 0 aliphatic carbocycles. The fourth-order valence-corrected chi connectivity index (χ4v) is 3.34. The van der Waals surface area contributed by atoms with E-state index in [-0.39, 0.29) is 5.82 Å². The highest BCUT2D eigenvalue weighted by molar-refractivity contribution is 7.94. The van der Waals surface area contributed by atoms with E-state index >= 15 is 0 Å². The van der Waals surface area contributed by atoms with Gasteiger partial charge in [0.2, 0.25) is 0 Å². The minimum atomic E-state index is -4.12. The first-order valence-corrected chi connectivity index (χ1v) is 7.07. The first-order valence-electron chi connectivity index (χ1n) is 4.71. The van der Waals surface area contributed by atoms with Gasteiger partial charge in [-0.25, -0.2) is 27.6 Å². The summed E-state index contributed by atoms with van der Waals surface area (Å²) in [6.07, 6.45) is 0.836. The van der Waals surface area contributed by atoms with Gasteiger partial charge in [0.1, 0.15) is 11.6 Å². The molecule has 0 aliphatic heterocycles. The molecule has 2 rings (SSSR count). The molecule has 0 aliphatic rings. The van der Waals surface area contributed by atoms with Gasteiger partial charge in [-0.2, -0.15) is 0 Å². The van der Waals surface area contributed by atoms with Crippen LogP contribution in [0, 0.1) is 5.82 Å². The van der Waals surface area contributed by atoms with Gasteiger partial charge >= 0.3 is 5.97 Å². The smallest absolute Gasteiger partial charge is 0.356 e. The fourth-order valence-electron chi connectivity index (χ4n) is 1.19. The molecule has 0 spiro atoms. The van der Waals surface area contributed by atoms with Crippen LogP contribution in [0.1, 0.15) is 10.5 Å². The fraction of sp³-hybridized carbons (Fsp3) is 0. The van der Waals surface area contributed by atoms with Crippen molar-refractivity contribution < 1.29 is 22.7 Å². The van der Waals surface area contributed by atoms with Gasteiger partial charge in [0, 0.05) is 0 Å². The largest absolute Gasteiger partial charge is 0.476 e. The van der Waals surface area contributed by atoms with Gasteiger partial charge in [-0.15, -0.1) is 11.3 Å². The lowest BCUT2D eigenvalue weighted by Crippen LogP contribution is -2.16. The summed E-state index contributed by atoms with van der Waals surface area (Å²) in [5.41, 5.74) is 0.537. The van der Waals surface area contributed by atoms with E-state index in [9.17, 15) is 17.6 Å². The zero-order valence-corrected chi connectivity index (χ0v) is 10.7. The van der Waals surface area contributed by atoms with E-state index in [0.717, 1.165) is 23.8 Å². The third-order valence-electron chi connectivity index (χ3n) is 1.95. The Hall–Kier alpha value is -2.07. The molecule has 0 saturated carbocycles. The van der Waals surface area contributed by atoms with E-state index in [2.05, 4.69) is 9.97 Å². The van der Waals surface area contributed by atoms with Crippen LogP contribution in [-0.2, 0) is 10.0 Å². The summed E-state index contributed by atoms with van der Waals surface area (Å²) in [5.74, 6) is -2.19. The molecule has 0 fully saturated rings. The van der Waals surface area contributed by atoms with Gasteiger partial charge in [0.05, 0.1) is 11.7 Å². The Labute approximate surface area is 110 Å². The molecule has 7 nitrogen and oxygen atoms in total. The van der Waals surface area contributed by atoms with Crippen LogP contribution in [0.5, 0.6) is 0 Å². The van der Waals surface area contributed by atoms with E-state index in [0.29, 0.717) is 11.3 Å². The summed E-state index contributed by atoms with van der Waals surface area (Å²) in [6, 6.07) is 2.14. The number of rotatable bonds is 4. The Balaban J connectivity index is 2.35. The zero-order chi connectivity index (χ0) is 14.0. The molecule has 19 heavy (non-hydrogen) atoms. The zero-order valence-electron chi connectivity index (χ0n) is 9.07. The van der Waals surface area contributed by atoms with Gasteiger partial charge in [-0.3, -0.25) is 4.72 Å². The van der Waals surface area contributed by atoms with E-state index in [1.165, 1.54) is 0 Å². The number of carbonyl (C=O) groups is 1. The van der Waals surface area contributed by atoms with Gasteiger partial charge in [0.15, 0.2) is 9.90 Å². The highest BCUT2D eigenvalue weighted by Gasteiger charge is 2.26. The van der Waals surface area contributed by atoms with Crippen molar-refractivity contribution in [2.45, 2.75) is 4.21 Å². The molecule has 10 heteroatoms. The first kappa shape index (κ1) is 13.4. The van der Waals surface area contributed by atoms with E-state index in [1.807, 2.05) is 4.72 Å². The number of carboxylic acid groups (broad SMARTS) is 1. The number of anilines is 1. The number of hydrogen-bond donors (Lipinski definition) is 2. The Morgan fingerprint density at radius 1 is 1.37 bits per heavy atom. The second-order valence-corrected chi connectivity index (χ2v) is 5.99. The highest BCUT2D eigenvalue weighted by Crippen LogP contribution is 2.22. The minimum Gasteiger partial charge on any atom is -0.476 e. The van der Waals surface area contributed by atoms with Crippen LogP contribution in [0.2, 0.25) is 0 Å². The molecule has 2 heterocycles. The van der Waals surface area contributed by atoms with Crippen LogP contribution >= 0.6 is 11.3 Å². The number of halogens is 1. The summed E-state index contributed by atoms with van der Waals surface area (Å²) in [6.45, 7) is 0. The van der Waals surface area contributed by atoms with Gasteiger partial charge in [-0.05, 0) is 12.1 Å². The predicted molar refractivity (Wildman–Crippen MR) is 64.1 cm³/mol. The molecule has 2 aromatic rings. The molecule has 2 N–H and O–H groups in total. The average Bonchev–Trinajstić information content (AvgIpc) is 2.82. The molecule has 0 saturated heterocycles. The van der Waals surface area contributed by atoms with Crippen LogP contribution < -0.4 is 4.72 Å². The Morgan fingerprint density at radius 2 is 2.11 bits per heavy atom. The van der Waals surface area contributed by atoms with Crippen LogP contribution in [0.3, 0.4) is 0 Å². The van der Waals surface area contributed by atoms with E-state index in [1.54, 1.807) is 0 Å². The molecular formula is C9H6FN3O4S2. The van der Waals surface area contributed by atoms with Crippen molar-refractivity contribution in [1.82, 2.24) is 9.97 Å². The topological polar surface area (TPSA) is 109 Å². The number of aromatic carboxylic acids is 1. The maximum Gasteiger partial charge on any atom is 0.356 e. The van der Waals surface area contributed by atoms with Crippen LogP contribution in [0.15, 0.2) is 28.0 Å². The molecule has 0 amide bonds. The highest BCUT2D eigenvalue weighted by atomic mass is 32.2. The predicted octanol–water partition coefficient (Wildman–Crippen LogP) is 1.18. The number of pyridine rings is 1. The number of hydrogen-bond acceptors (Lipinski definition) is 6. The maximum absolute atomic E-state index is 12.6. The van der Waals surface area contributed by atoms with Crippen molar-refractivity contribution in [2.75, 3.05) is 4.72 Å². The number of nitrogens with zero attached hydrogens (tertiary/aromatic N) is 2. The number of nitrogens with one attached hydrogen (secondary N) is 1. The standard InChI is InChI=1S/C9H6FN3O4S2/c10-5-1-2-6(11-3-5)13-19(16,17)9-7(8(14)15)12-4-18-9/h1-4H,(H,11,13)(H,14,15). The van der Waals surface area contributed by atoms with Crippen molar-refractivity contribution in [3.8, 4) is 0 Å².